The van der Waals surface area contributed by atoms with Crippen molar-refractivity contribution < 1.29 is 67.0 Å². The van der Waals surface area contributed by atoms with Crippen LogP contribution in [0.1, 0.15) is 178 Å². The Morgan fingerprint density at radius 3 is 1.10 bits per heavy atom. The molecule has 0 aliphatic carbocycles. The lowest BCUT2D eigenvalue weighted by molar-refractivity contribution is -0.143. The number of esters is 2. The Balaban J connectivity index is 0.000000470. The van der Waals surface area contributed by atoms with Crippen molar-refractivity contribution in [3.05, 3.63) is 143 Å². The normalized spacial score (nSPS) is 12.8. The molecule has 6 N–H and O–H groups in total. The van der Waals surface area contributed by atoms with Gasteiger partial charge >= 0.3 is 11.9 Å². The molecule has 4 aromatic rings. The number of carbonyl (C=O) groups is 12. The van der Waals surface area contributed by atoms with Crippen LogP contribution in [0, 0.1) is 11.8 Å². The molecule has 0 bridgehead atoms. The Morgan fingerprint density at radius 1 is 0.411 bits per heavy atom. The van der Waals surface area contributed by atoms with E-state index in [4.69, 9.17) is 15.2 Å². The maximum Gasteiger partial charge on any atom is 0.302 e. The van der Waals surface area contributed by atoms with Crippen molar-refractivity contribution in [2.24, 2.45) is 17.6 Å². The standard InChI is InChI=1S/C36H48N2O7.C35H47N3O7/c1-5-6-8-15-32(34(42)22-29-17-19-30(20-18-29)24-45-27(4)40)38-36(44)31(21-28-13-9-7-10-14-28)23-33(41)26(3)37-35(43)16-11-12-25(2)39;1-24(39)10-9-14-34(43)37-25(2)32(41)22-30(20-27-11-5-4-6-12-27)35(44)38-31(13-7-8-19-36)33(42)21-28-15-17-29(18-16-28)23-45-26(3)40/h7,9-10,13-14,17-20,26,31-32H,5-6,8,11-12,15-16,21-24H2,1-4H3,(H,37,43)(H,38,44);4-6,11-12,15-18,25,30-31H,7-10,13-14,19-23,36H2,1-3H3,(H,37,43)(H,38,44)/t26-,31-,32+;25-,30-,31+/m11/s1. The van der Waals surface area contributed by atoms with Crippen molar-refractivity contribution in [1.82, 2.24) is 21.3 Å². The van der Waals surface area contributed by atoms with Gasteiger partial charge in [-0.25, -0.2) is 0 Å². The molecule has 0 saturated carbocycles. The third kappa shape index (κ3) is 32.2. The van der Waals surface area contributed by atoms with Gasteiger partial charge in [0, 0.05) is 77.0 Å². The molecule has 0 saturated heterocycles. The van der Waals surface area contributed by atoms with Crippen molar-refractivity contribution in [1.29, 1.82) is 0 Å². The molecule has 488 valence electrons. The van der Waals surface area contributed by atoms with Crippen molar-refractivity contribution >= 4 is 70.3 Å². The van der Waals surface area contributed by atoms with E-state index >= 15 is 0 Å². The lowest BCUT2D eigenvalue weighted by Crippen LogP contribution is -2.46. The number of ether oxygens (including phenoxy) is 2. The highest BCUT2D eigenvalue weighted by Crippen LogP contribution is 2.20. The highest BCUT2D eigenvalue weighted by molar-refractivity contribution is 5.96. The average Bonchev–Trinajstić information content (AvgIpc) is 1.88. The molecule has 0 aromatic heterocycles. The number of unbranched alkanes of at least 4 members (excludes halogenated alkanes) is 3. The summed E-state index contributed by atoms with van der Waals surface area (Å²) in [6.45, 7) is 11.6. The van der Waals surface area contributed by atoms with Crippen LogP contribution < -0.4 is 27.0 Å². The summed E-state index contributed by atoms with van der Waals surface area (Å²) in [5.74, 6) is -4.54. The molecule has 4 rings (SSSR count). The van der Waals surface area contributed by atoms with E-state index in [-0.39, 0.29) is 123 Å². The molecule has 90 heavy (non-hydrogen) atoms. The maximum absolute atomic E-state index is 13.7. The molecule has 19 nitrogen and oxygen atoms in total. The van der Waals surface area contributed by atoms with Crippen LogP contribution >= 0.6 is 0 Å². The number of nitrogens with one attached hydrogen (secondary N) is 4. The number of ketones is 6. The molecule has 19 heteroatoms. The number of rotatable bonds is 42. The van der Waals surface area contributed by atoms with Crippen molar-refractivity contribution in [3.8, 4) is 0 Å². The first-order valence-electron chi connectivity index (χ1n) is 31.5. The molecule has 0 aliphatic rings. The van der Waals surface area contributed by atoms with Crippen LogP contribution in [0.4, 0.5) is 0 Å². The largest absolute Gasteiger partial charge is 0.461 e. The number of hydrogen-bond donors (Lipinski definition) is 5. The zero-order valence-electron chi connectivity index (χ0n) is 53.7. The third-order valence-corrected chi connectivity index (χ3v) is 15.0. The minimum Gasteiger partial charge on any atom is -0.461 e. The summed E-state index contributed by atoms with van der Waals surface area (Å²) >= 11 is 0. The molecule has 0 spiro atoms. The Morgan fingerprint density at radius 2 is 0.767 bits per heavy atom. The maximum atomic E-state index is 13.7. The van der Waals surface area contributed by atoms with Crippen LogP contribution in [0.5, 0.6) is 0 Å². The zero-order valence-corrected chi connectivity index (χ0v) is 53.7. The smallest absolute Gasteiger partial charge is 0.302 e. The number of Topliss-reactive ketones (excluding diaryl/α,β-unsaturated/α-hetero) is 6. The van der Waals surface area contributed by atoms with E-state index in [2.05, 4.69) is 28.2 Å². The molecule has 0 radical (unpaired) electrons. The van der Waals surface area contributed by atoms with Crippen molar-refractivity contribution in [3.63, 3.8) is 0 Å². The van der Waals surface area contributed by atoms with Gasteiger partial charge in [-0.05, 0) is 119 Å². The second-order valence-electron chi connectivity index (χ2n) is 23.2. The van der Waals surface area contributed by atoms with Gasteiger partial charge in [-0.15, -0.1) is 0 Å². The molecule has 0 heterocycles. The predicted octanol–water partition coefficient (Wildman–Crippen LogP) is 8.57. The second-order valence-corrected chi connectivity index (χ2v) is 23.2. The van der Waals surface area contributed by atoms with E-state index < -0.39 is 41.9 Å². The van der Waals surface area contributed by atoms with Crippen LogP contribution in [0.25, 0.3) is 0 Å². The van der Waals surface area contributed by atoms with E-state index in [1.165, 1.54) is 27.7 Å². The summed E-state index contributed by atoms with van der Waals surface area (Å²) in [5, 5.41) is 11.3. The van der Waals surface area contributed by atoms with E-state index in [0.29, 0.717) is 64.3 Å². The first-order valence-corrected chi connectivity index (χ1v) is 31.5. The van der Waals surface area contributed by atoms with Crippen LogP contribution in [-0.4, -0.2) is 101 Å². The Hall–Kier alpha value is -8.32. The summed E-state index contributed by atoms with van der Waals surface area (Å²) < 4.78 is 10.0. The Kier molecular flexibility index (Phi) is 35.9. The molecular weight excluding hydrogens is 1150 g/mol. The summed E-state index contributed by atoms with van der Waals surface area (Å²) in [7, 11) is 0. The van der Waals surface area contributed by atoms with Crippen LogP contribution in [0.2, 0.25) is 0 Å². The quantitative estimate of drug-likeness (QED) is 0.0205. The van der Waals surface area contributed by atoms with Gasteiger partial charge in [0.05, 0.1) is 24.2 Å². The fraction of sp³-hybridized carbons (Fsp3) is 0.493. The number of amides is 4. The summed E-state index contributed by atoms with van der Waals surface area (Å²) in [5.41, 5.74) is 10.6. The van der Waals surface area contributed by atoms with E-state index in [1.807, 2.05) is 72.8 Å². The first kappa shape index (κ1) is 75.9. The number of nitrogens with two attached hydrogens (primary N) is 1. The van der Waals surface area contributed by atoms with E-state index in [1.54, 1.807) is 50.2 Å². The highest BCUT2D eigenvalue weighted by atomic mass is 16.5. The second kappa shape index (κ2) is 42.6. The molecule has 4 amide bonds. The van der Waals surface area contributed by atoms with Gasteiger partial charge in [0.1, 0.15) is 24.8 Å². The Labute approximate surface area is 530 Å². The van der Waals surface area contributed by atoms with Gasteiger partial charge in [0.25, 0.3) is 0 Å². The van der Waals surface area contributed by atoms with Gasteiger partial charge in [0.2, 0.25) is 23.6 Å². The fourth-order valence-corrected chi connectivity index (χ4v) is 9.76. The lowest BCUT2D eigenvalue weighted by atomic mass is 9.90. The fourth-order valence-electron chi connectivity index (χ4n) is 9.76. The molecule has 0 aliphatic heterocycles. The SMILES string of the molecule is CC(=O)CCCC(=O)N[C@H](C)C(=O)C[C@@H](Cc1ccccc1)C(=O)N[C@@H](CCCCN)C(=O)Cc1ccc(COC(C)=O)cc1.CCCCC[C@H](NC(=O)[C@@H](CC(=O)[C@@H](C)NC(=O)CCCC(C)=O)Cc1ccccc1)C(=O)Cc1ccc(COC(C)=O)cc1. The van der Waals surface area contributed by atoms with E-state index in [0.717, 1.165) is 52.6 Å². The minimum absolute atomic E-state index is 0.00216. The van der Waals surface area contributed by atoms with Crippen LogP contribution in [0.3, 0.4) is 0 Å². The molecule has 6 atom stereocenters. The number of benzene rings is 4. The molecule has 4 aromatic carbocycles. The summed E-state index contributed by atoms with van der Waals surface area (Å²) in [6, 6.07) is 30.0. The Bertz CT molecular complexity index is 2750. The van der Waals surface area contributed by atoms with Gasteiger partial charge in [-0.1, -0.05) is 135 Å². The number of hydrogen-bond acceptors (Lipinski definition) is 15. The monoisotopic (exact) mass is 1240 g/mol. The average molecular weight is 1240 g/mol. The third-order valence-electron chi connectivity index (χ3n) is 15.0. The van der Waals surface area contributed by atoms with Gasteiger partial charge in [0.15, 0.2) is 23.1 Å². The van der Waals surface area contributed by atoms with Crippen LogP contribution in [-0.2, 0) is 106 Å². The first-order chi connectivity index (χ1) is 43.0. The molecule has 0 fully saturated rings. The zero-order chi connectivity index (χ0) is 66.4. The minimum atomic E-state index is -0.813. The van der Waals surface area contributed by atoms with E-state index in [9.17, 15) is 57.5 Å². The van der Waals surface area contributed by atoms with Crippen molar-refractivity contribution in [2.45, 2.75) is 208 Å². The summed E-state index contributed by atoms with van der Waals surface area (Å²) in [6.07, 6.45) is 7.13. The van der Waals surface area contributed by atoms with Crippen molar-refractivity contribution in [2.75, 3.05) is 6.54 Å². The molecular formula is C71H95N5O14. The predicted molar refractivity (Wildman–Crippen MR) is 343 cm³/mol. The number of carbonyl (C=O) groups excluding carboxylic acids is 12. The van der Waals surface area contributed by atoms with Gasteiger partial charge in [-0.3, -0.25) is 47.9 Å². The van der Waals surface area contributed by atoms with Gasteiger partial charge in [-0.2, -0.15) is 0 Å². The molecule has 0 unspecified atom stereocenters. The van der Waals surface area contributed by atoms with Gasteiger partial charge < -0.3 is 46.1 Å². The summed E-state index contributed by atoms with van der Waals surface area (Å²) in [4.78, 5) is 150. The topological polar surface area (TPSA) is 297 Å². The highest BCUT2D eigenvalue weighted by Gasteiger charge is 2.31. The lowest BCUT2D eigenvalue weighted by Gasteiger charge is -2.23. The van der Waals surface area contributed by atoms with Crippen LogP contribution in [0.15, 0.2) is 109 Å².